The molecule has 0 spiro atoms. The SMILES string of the molecule is COCCn1c(C)c(C)s/c1=N\C(=O)[C@@H]1C[C@@H]2C[C@@H](C[C@@H](OC)C2)C1. The normalized spacial score (nSPS) is 29.8. The van der Waals surface area contributed by atoms with Crippen molar-refractivity contribution in [3.05, 3.63) is 15.4 Å². The first-order valence-electron chi connectivity index (χ1n) is 9.29. The highest BCUT2D eigenvalue weighted by molar-refractivity contribution is 7.09. The number of nitrogens with zero attached hydrogens (tertiary/aromatic N) is 2. The summed E-state index contributed by atoms with van der Waals surface area (Å²) < 4.78 is 12.9. The third-order valence-electron chi connectivity index (χ3n) is 5.89. The molecule has 0 unspecified atom stereocenters. The minimum Gasteiger partial charge on any atom is -0.383 e. The Labute approximate surface area is 154 Å². The van der Waals surface area contributed by atoms with Gasteiger partial charge in [-0.3, -0.25) is 4.79 Å². The van der Waals surface area contributed by atoms with Crippen molar-refractivity contribution < 1.29 is 14.3 Å². The summed E-state index contributed by atoms with van der Waals surface area (Å²) in [7, 11) is 3.51. The molecule has 2 bridgehead atoms. The van der Waals surface area contributed by atoms with Crippen LogP contribution >= 0.6 is 11.3 Å². The van der Waals surface area contributed by atoms with Crippen molar-refractivity contribution in [3.63, 3.8) is 0 Å². The number of ether oxygens (including phenoxy) is 2. The average Bonchev–Trinajstić information content (AvgIpc) is 2.85. The summed E-state index contributed by atoms with van der Waals surface area (Å²) in [6, 6.07) is 0. The number of carbonyl (C=O) groups excluding carboxylic acids is 1. The van der Waals surface area contributed by atoms with Crippen LogP contribution in [0.1, 0.15) is 42.7 Å². The van der Waals surface area contributed by atoms with Gasteiger partial charge in [-0.25, -0.2) is 0 Å². The molecule has 2 saturated carbocycles. The quantitative estimate of drug-likeness (QED) is 0.805. The van der Waals surface area contributed by atoms with Gasteiger partial charge in [0.25, 0.3) is 5.91 Å². The van der Waals surface area contributed by atoms with Crippen molar-refractivity contribution in [2.45, 2.75) is 58.6 Å². The van der Waals surface area contributed by atoms with Gasteiger partial charge in [-0.05, 0) is 57.8 Å². The maximum atomic E-state index is 12.9. The highest BCUT2D eigenvalue weighted by atomic mass is 32.1. The number of thiazole rings is 1. The van der Waals surface area contributed by atoms with Crippen LogP contribution in [0.5, 0.6) is 0 Å². The molecule has 0 N–H and O–H groups in total. The van der Waals surface area contributed by atoms with Crippen LogP contribution in [0, 0.1) is 31.6 Å². The fourth-order valence-corrected chi connectivity index (χ4v) is 5.50. The number of rotatable bonds is 5. The Morgan fingerprint density at radius 2 is 1.84 bits per heavy atom. The number of methoxy groups -OCH3 is 2. The monoisotopic (exact) mass is 366 g/mol. The second-order valence-corrected chi connectivity index (χ2v) is 8.77. The molecule has 1 aromatic heterocycles. The predicted octanol–water partition coefficient (Wildman–Crippen LogP) is 3.08. The number of carbonyl (C=O) groups is 1. The number of amides is 1. The number of aromatic nitrogens is 1. The standard InChI is InChI=1S/C19H30N2O3S/c1-12-13(2)25-19(21(12)5-6-23-3)20-18(22)16-8-14-7-15(9-16)11-17(10-14)24-4/h14-17H,5-11H2,1-4H3/b20-19-/t14-,15+,16+,17-. The zero-order chi connectivity index (χ0) is 18.0. The summed E-state index contributed by atoms with van der Waals surface area (Å²) in [6.07, 6.45) is 5.79. The molecular formula is C19H30N2O3S. The van der Waals surface area contributed by atoms with Gasteiger partial charge < -0.3 is 14.0 Å². The summed E-state index contributed by atoms with van der Waals surface area (Å²) in [6.45, 7) is 5.54. The lowest BCUT2D eigenvalue weighted by Gasteiger charge is -2.41. The first-order chi connectivity index (χ1) is 12.0. The van der Waals surface area contributed by atoms with E-state index >= 15 is 0 Å². The van der Waals surface area contributed by atoms with Crippen molar-refractivity contribution in [1.29, 1.82) is 0 Å². The zero-order valence-corrected chi connectivity index (χ0v) is 16.6. The van der Waals surface area contributed by atoms with Gasteiger partial charge in [-0.15, -0.1) is 11.3 Å². The van der Waals surface area contributed by atoms with Crippen molar-refractivity contribution in [1.82, 2.24) is 4.57 Å². The van der Waals surface area contributed by atoms with E-state index < -0.39 is 0 Å². The van der Waals surface area contributed by atoms with Gasteiger partial charge >= 0.3 is 0 Å². The highest BCUT2D eigenvalue weighted by Crippen LogP contribution is 2.43. The lowest BCUT2D eigenvalue weighted by molar-refractivity contribution is -0.125. The second kappa shape index (κ2) is 8.14. The van der Waals surface area contributed by atoms with Crippen LogP contribution in [0.25, 0.3) is 0 Å². The summed E-state index contributed by atoms with van der Waals surface area (Å²) >= 11 is 1.61. The van der Waals surface area contributed by atoms with E-state index in [1.807, 2.05) is 7.11 Å². The Balaban J connectivity index is 1.76. The van der Waals surface area contributed by atoms with Gasteiger partial charge in [-0.2, -0.15) is 4.99 Å². The Bertz CT molecular complexity index is 665. The Kier molecular flexibility index (Phi) is 6.12. The van der Waals surface area contributed by atoms with Crippen LogP contribution in [0.2, 0.25) is 0 Å². The van der Waals surface area contributed by atoms with Gasteiger partial charge in [0.15, 0.2) is 4.80 Å². The molecule has 25 heavy (non-hydrogen) atoms. The maximum Gasteiger partial charge on any atom is 0.251 e. The van der Waals surface area contributed by atoms with E-state index in [0.29, 0.717) is 24.5 Å². The molecule has 0 aliphatic heterocycles. The largest absolute Gasteiger partial charge is 0.383 e. The van der Waals surface area contributed by atoms with Crippen LogP contribution in [0.4, 0.5) is 0 Å². The molecule has 6 heteroatoms. The number of hydrogen-bond acceptors (Lipinski definition) is 4. The molecule has 1 heterocycles. The van der Waals surface area contributed by atoms with Gasteiger partial charge in [0.1, 0.15) is 0 Å². The van der Waals surface area contributed by atoms with Crippen molar-refractivity contribution >= 4 is 17.2 Å². The molecule has 0 radical (unpaired) electrons. The fraction of sp³-hybridized carbons (Fsp3) is 0.789. The summed E-state index contributed by atoms with van der Waals surface area (Å²) in [5.74, 6) is 1.39. The molecule has 1 amide bonds. The Hall–Kier alpha value is -0.980. The molecule has 2 aliphatic carbocycles. The lowest BCUT2D eigenvalue weighted by atomic mass is 9.67. The molecule has 140 valence electrons. The van der Waals surface area contributed by atoms with Crippen molar-refractivity contribution in [3.8, 4) is 0 Å². The summed E-state index contributed by atoms with van der Waals surface area (Å²) in [5.41, 5.74) is 1.18. The third kappa shape index (κ3) is 4.23. The Morgan fingerprint density at radius 3 is 2.44 bits per heavy atom. The molecule has 1 aromatic rings. The third-order valence-corrected chi connectivity index (χ3v) is 6.99. The van der Waals surface area contributed by atoms with Crippen LogP contribution in [0.15, 0.2) is 4.99 Å². The van der Waals surface area contributed by atoms with Crippen LogP contribution in [-0.4, -0.2) is 37.4 Å². The van der Waals surface area contributed by atoms with Crippen LogP contribution in [-0.2, 0) is 20.8 Å². The van der Waals surface area contributed by atoms with Crippen LogP contribution < -0.4 is 4.80 Å². The smallest absolute Gasteiger partial charge is 0.251 e. The minimum atomic E-state index is 0.0676. The van der Waals surface area contributed by atoms with E-state index in [1.165, 1.54) is 17.0 Å². The van der Waals surface area contributed by atoms with E-state index in [0.717, 1.165) is 37.0 Å². The lowest BCUT2D eigenvalue weighted by Crippen LogP contribution is -2.37. The molecule has 0 saturated heterocycles. The second-order valence-electron chi connectivity index (χ2n) is 7.59. The minimum absolute atomic E-state index is 0.0676. The van der Waals surface area contributed by atoms with E-state index in [4.69, 9.17) is 9.47 Å². The number of fused-ring (bicyclic) bond motifs is 2. The maximum absolute atomic E-state index is 12.9. The van der Waals surface area contributed by atoms with E-state index in [-0.39, 0.29) is 11.8 Å². The van der Waals surface area contributed by atoms with E-state index in [1.54, 1.807) is 18.4 Å². The molecular weight excluding hydrogens is 336 g/mol. The number of aryl methyl sites for hydroxylation is 1. The average molecular weight is 367 g/mol. The van der Waals surface area contributed by atoms with Crippen molar-refractivity contribution in [2.24, 2.45) is 22.7 Å². The first-order valence-corrected chi connectivity index (χ1v) is 10.1. The summed E-state index contributed by atoms with van der Waals surface area (Å²) in [5, 5.41) is 0. The van der Waals surface area contributed by atoms with Gasteiger partial charge in [0.05, 0.1) is 12.7 Å². The van der Waals surface area contributed by atoms with Crippen molar-refractivity contribution in [2.75, 3.05) is 20.8 Å². The van der Waals surface area contributed by atoms with E-state index in [2.05, 4.69) is 23.4 Å². The highest BCUT2D eigenvalue weighted by Gasteiger charge is 2.38. The van der Waals surface area contributed by atoms with Gasteiger partial charge in [0, 0.05) is 37.3 Å². The Morgan fingerprint density at radius 1 is 1.16 bits per heavy atom. The first kappa shape index (κ1) is 18.8. The predicted molar refractivity (Wildman–Crippen MR) is 98.6 cm³/mol. The topological polar surface area (TPSA) is 52.8 Å². The molecule has 0 aromatic carbocycles. The summed E-state index contributed by atoms with van der Waals surface area (Å²) in [4.78, 5) is 19.4. The number of hydrogen-bond donors (Lipinski definition) is 0. The van der Waals surface area contributed by atoms with Gasteiger partial charge in [0.2, 0.25) is 0 Å². The molecule has 4 atom stereocenters. The van der Waals surface area contributed by atoms with Gasteiger partial charge in [-0.1, -0.05) is 0 Å². The van der Waals surface area contributed by atoms with Crippen LogP contribution in [0.3, 0.4) is 0 Å². The molecule has 2 fully saturated rings. The fourth-order valence-electron chi connectivity index (χ4n) is 4.50. The molecule has 3 rings (SSSR count). The molecule has 2 aliphatic rings. The zero-order valence-electron chi connectivity index (χ0n) is 15.8. The van der Waals surface area contributed by atoms with E-state index in [9.17, 15) is 4.79 Å². The molecule has 5 nitrogen and oxygen atoms in total.